The zero-order valence-electron chi connectivity index (χ0n) is 12.9. The molecule has 0 unspecified atom stereocenters. The maximum absolute atomic E-state index is 10.2. The molecule has 0 bridgehead atoms. The number of hydrogen-bond acceptors (Lipinski definition) is 11. The Bertz CT molecular complexity index is 407. The lowest BCUT2D eigenvalue weighted by Crippen LogP contribution is -2.67. The maximum Gasteiger partial charge on any atom is 0.187 e. The highest BCUT2D eigenvalue weighted by molar-refractivity contribution is 5.01. The summed E-state index contributed by atoms with van der Waals surface area (Å²) in [5.74, 6) is 0. The van der Waals surface area contributed by atoms with Crippen molar-refractivity contribution in [2.45, 2.75) is 67.3 Å². The van der Waals surface area contributed by atoms with E-state index in [1.165, 1.54) is 7.11 Å². The molecule has 142 valence electrons. The van der Waals surface area contributed by atoms with Gasteiger partial charge in [-0.3, -0.25) is 0 Å². The lowest BCUT2D eigenvalue weighted by Gasteiger charge is -2.46. The molecule has 11 heteroatoms. The van der Waals surface area contributed by atoms with Gasteiger partial charge in [-0.2, -0.15) is 0 Å². The molecule has 11 atom stereocenters. The number of aliphatic hydroxyl groups excluding tert-OH is 8. The Kier molecular flexibility index (Phi) is 6.50. The molecule has 1 heterocycles. The molecule has 0 aromatic carbocycles. The first-order valence-electron chi connectivity index (χ1n) is 7.45. The maximum atomic E-state index is 10.2. The topological polar surface area (TPSA) is 190 Å². The number of methoxy groups -OCH3 is 1. The highest BCUT2D eigenvalue weighted by Crippen LogP contribution is 2.30. The van der Waals surface area contributed by atoms with Crippen LogP contribution in [0.1, 0.15) is 0 Å². The molecule has 1 saturated carbocycles. The van der Waals surface area contributed by atoms with Gasteiger partial charge in [-0.25, -0.2) is 0 Å². The highest BCUT2D eigenvalue weighted by Gasteiger charge is 2.53. The monoisotopic (exact) mass is 356 g/mol. The molecule has 0 amide bonds. The van der Waals surface area contributed by atoms with E-state index >= 15 is 0 Å². The summed E-state index contributed by atoms with van der Waals surface area (Å²) in [7, 11) is 1.17. The fourth-order valence-corrected chi connectivity index (χ4v) is 2.96. The Morgan fingerprint density at radius 1 is 0.708 bits per heavy atom. The van der Waals surface area contributed by atoms with E-state index in [0.717, 1.165) is 0 Å². The van der Waals surface area contributed by atoms with Crippen LogP contribution in [0.15, 0.2) is 0 Å². The van der Waals surface area contributed by atoms with Gasteiger partial charge in [-0.1, -0.05) is 0 Å². The summed E-state index contributed by atoms with van der Waals surface area (Å²) in [4.78, 5) is 0. The summed E-state index contributed by atoms with van der Waals surface area (Å²) >= 11 is 0. The molecule has 2 fully saturated rings. The molecule has 8 N–H and O–H groups in total. The Hall–Kier alpha value is -0.440. The fraction of sp³-hybridized carbons (Fsp3) is 1.00. The van der Waals surface area contributed by atoms with E-state index < -0.39 is 73.9 Å². The second-order valence-corrected chi connectivity index (χ2v) is 5.96. The summed E-state index contributed by atoms with van der Waals surface area (Å²) in [6, 6.07) is 0. The van der Waals surface area contributed by atoms with Gasteiger partial charge in [0.1, 0.15) is 61.0 Å². The summed E-state index contributed by atoms with van der Waals surface area (Å²) in [6.07, 6.45) is -17.3. The third-order valence-corrected chi connectivity index (χ3v) is 4.46. The Labute approximate surface area is 137 Å². The van der Waals surface area contributed by atoms with Crippen molar-refractivity contribution in [2.24, 2.45) is 0 Å². The van der Waals surface area contributed by atoms with E-state index in [1.807, 2.05) is 0 Å². The van der Waals surface area contributed by atoms with Crippen LogP contribution in [-0.2, 0) is 14.2 Å². The first kappa shape index (κ1) is 19.9. The first-order chi connectivity index (χ1) is 11.2. The molecule has 24 heavy (non-hydrogen) atoms. The molecule has 1 aliphatic heterocycles. The lowest BCUT2D eigenvalue weighted by molar-refractivity contribution is -0.340. The molecular weight excluding hydrogens is 332 g/mol. The van der Waals surface area contributed by atoms with Gasteiger partial charge >= 0.3 is 0 Å². The quantitative estimate of drug-likeness (QED) is 0.240. The SMILES string of the molecule is CO[C@@H]1[C@H](O)[C@H](O[C@H]2O[C@H](CO)[C@H](O)[C@H](O)[C@H]2O)[C@@H](O)[C@H](O)[C@H]1O. The van der Waals surface area contributed by atoms with Crippen molar-refractivity contribution in [2.75, 3.05) is 13.7 Å². The average molecular weight is 356 g/mol. The van der Waals surface area contributed by atoms with Gasteiger partial charge in [-0.05, 0) is 0 Å². The summed E-state index contributed by atoms with van der Waals surface area (Å²) in [5, 5.41) is 78.2. The summed E-state index contributed by atoms with van der Waals surface area (Å²) < 4.78 is 15.3. The zero-order chi connectivity index (χ0) is 18.2. The van der Waals surface area contributed by atoms with E-state index in [0.29, 0.717) is 0 Å². The lowest BCUT2D eigenvalue weighted by atomic mass is 9.84. The van der Waals surface area contributed by atoms with Gasteiger partial charge < -0.3 is 55.1 Å². The van der Waals surface area contributed by atoms with Gasteiger partial charge in [0.15, 0.2) is 6.29 Å². The minimum atomic E-state index is -1.74. The molecule has 2 rings (SSSR count). The first-order valence-corrected chi connectivity index (χ1v) is 7.45. The Morgan fingerprint density at radius 2 is 1.25 bits per heavy atom. The largest absolute Gasteiger partial charge is 0.394 e. The third kappa shape index (κ3) is 3.43. The van der Waals surface area contributed by atoms with Crippen molar-refractivity contribution in [1.82, 2.24) is 0 Å². The van der Waals surface area contributed by atoms with E-state index in [-0.39, 0.29) is 0 Å². The van der Waals surface area contributed by atoms with E-state index in [2.05, 4.69) is 0 Å². The van der Waals surface area contributed by atoms with Crippen LogP contribution in [0.2, 0.25) is 0 Å². The smallest absolute Gasteiger partial charge is 0.187 e. The third-order valence-electron chi connectivity index (χ3n) is 4.46. The van der Waals surface area contributed by atoms with Gasteiger partial charge in [0.25, 0.3) is 0 Å². The number of ether oxygens (including phenoxy) is 3. The molecule has 0 aromatic rings. The minimum Gasteiger partial charge on any atom is -0.394 e. The number of rotatable bonds is 4. The zero-order valence-corrected chi connectivity index (χ0v) is 12.9. The van der Waals surface area contributed by atoms with Gasteiger partial charge in [0, 0.05) is 7.11 Å². The van der Waals surface area contributed by atoms with Gasteiger partial charge in [0.05, 0.1) is 6.61 Å². The van der Waals surface area contributed by atoms with E-state index in [1.54, 1.807) is 0 Å². The van der Waals surface area contributed by atoms with Gasteiger partial charge in [0.2, 0.25) is 0 Å². The van der Waals surface area contributed by atoms with Gasteiger partial charge in [-0.15, -0.1) is 0 Å². The average Bonchev–Trinajstić information content (AvgIpc) is 2.57. The molecule has 0 radical (unpaired) electrons. The predicted octanol–water partition coefficient (Wildman–Crippen LogP) is -5.36. The molecule has 0 aromatic heterocycles. The van der Waals surface area contributed by atoms with Crippen LogP contribution in [0, 0.1) is 0 Å². The molecule has 0 spiro atoms. The number of aliphatic hydroxyl groups is 8. The van der Waals surface area contributed by atoms with E-state index in [9.17, 15) is 35.7 Å². The van der Waals surface area contributed by atoms with Crippen molar-refractivity contribution < 1.29 is 55.1 Å². The minimum absolute atomic E-state index is 0.678. The van der Waals surface area contributed by atoms with Crippen LogP contribution in [0.5, 0.6) is 0 Å². The molecule has 11 nitrogen and oxygen atoms in total. The standard InChI is InChI=1S/C13H24O11/c1-22-11-7(18)6(17)8(19)12(10(11)21)24-13-9(20)5(16)4(15)3(2-14)23-13/h3-21H,2H2,1H3/t3-,4+,5+,6-,7-,8+,9-,10+,11+,12-,13-/m1/s1. The number of hydrogen-bond donors (Lipinski definition) is 8. The molecule has 1 aliphatic carbocycles. The predicted molar refractivity (Wildman–Crippen MR) is 73.5 cm³/mol. The second kappa shape index (κ2) is 7.85. The van der Waals surface area contributed by atoms with Crippen LogP contribution >= 0.6 is 0 Å². The Morgan fingerprint density at radius 3 is 1.79 bits per heavy atom. The summed E-state index contributed by atoms with van der Waals surface area (Å²) in [6.45, 7) is -0.678. The molecule has 2 aliphatic rings. The normalized spacial score (nSPS) is 53.1. The van der Waals surface area contributed by atoms with E-state index in [4.69, 9.17) is 19.3 Å². The van der Waals surface area contributed by atoms with Crippen molar-refractivity contribution >= 4 is 0 Å². The van der Waals surface area contributed by atoms with Crippen LogP contribution in [0.25, 0.3) is 0 Å². The van der Waals surface area contributed by atoms with Crippen LogP contribution < -0.4 is 0 Å². The highest BCUT2D eigenvalue weighted by atomic mass is 16.7. The van der Waals surface area contributed by atoms with Crippen LogP contribution in [0.4, 0.5) is 0 Å². The fourth-order valence-electron chi connectivity index (χ4n) is 2.96. The second-order valence-electron chi connectivity index (χ2n) is 5.96. The van der Waals surface area contributed by atoms with Crippen molar-refractivity contribution in [1.29, 1.82) is 0 Å². The van der Waals surface area contributed by atoms with Crippen LogP contribution in [0.3, 0.4) is 0 Å². The summed E-state index contributed by atoms with van der Waals surface area (Å²) in [5.41, 5.74) is 0. The van der Waals surface area contributed by atoms with Crippen molar-refractivity contribution in [3.63, 3.8) is 0 Å². The van der Waals surface area contributed by atoms with Crippen molar-refractivity contribution in [3.8, 4) is 0 Å². The van der Waals surface area contributed by atoms with Crippen LogP contribution in [-0.4, -0.2) is 122 Å². The Balaban J connectivity index is 2.15. The molecule has 1 saturated heterocycles. The molecular formula is C13H24O11. The van der Waals surface area contributed by atoms with Crippen molar-refractivity contribution in [3.05, 3.63) is 0 Å².